The fraction of sp³-hybridized carbons (Fsp3) is 0.643. The molecule has 0 spiro atoms. The Morgan fingerprint density at radius 3 is 2.62 bits per heavy atom. The standard InChI is InChI=1S/C14H24N4O2S/c1-18(2)14(7-3-4-8-14)11-17-21(19,20)13-6-5-9-16-12(13)10-15/h5-6,9,17H,3-4,7-8,10-11,15H2,1-2H3. The number of rotatable bonds is 6. The van der Waals surface area contributed by atoms with Gasteiger partial charge in [-0.05, 0) is 39.1 Å². The normalized spacial score (nSPS) is 18.3. The lowest BCUT2D eigenvalue weighted by Gasteiger charge is -2.36. The van der Waals surface area contributed by atoms with Crippen LogP contribution in [0.4, 0.5) is 0 Å². The van der Waals surface area contributed by atoms with Crippen molar-refractivity contribution in [3.63, 3.8) is 0 Å². The van der Waals surface area contributed by atoms with Gasteiger partial charge < -0.3 is 10.6 Å². The highest BCUT2D eigenvalue weighted by Crippen LogP contribution is 2.33. The summed E-state index contributed by atoms with van der Waals surface area (Å²) >= 11 is 0. The van der Waals surface area contributed by atoms with Crippen LogP contribution in [0, 0.1) is 0 Å². The van der Waals surface area contributed by atoms with E-state index in [0.29, 0.717) is 12.2 Å². The van der Waals surface area contributed by atoms with Crippen molar-refractivity contribution in [2.75, 3.05) is 20.6 Å². The Morgan fingerprint density at radius 1 is 1.38 bits per heavy atom. The van der Waals surface area contributed by atoms with Crippen LogP contribution in [0.1, 0.15) is 31.4 Å². The Kier molecular flexibility index (Phi) is 4.98. The van der Waals surface area contributed by atoms with E-state index in [-0.39, 0.29) is 17.0 Å². The van der Waals surface area contributed by atoms with Gasteiger partial charge in [0.25, 0.3) is 0 Å². The number of pyridine rings is 1. The lowest BCUT2D eigenvalue weighted by atomic mass is 9.97. The summed E-state index contributed by atoms with van der Waals surface area (Å²) in [5, 5.41) is 0. The van der Waals surface area contributed by atoms with Crippen molar-refractivity contribution < 1.29 is 8.42 Å². The minimum atomic E-state index is -3.58. The van der Waals surface area contributed by atoms with Crippen molar-refractivity contribution in [1.82, 2.24) is 14.6 Å². The Bertz CT molecular complexity index is 580. The minimum Gasteiger partial charge on any atom is -0.325 e. The molecule has 2 rings (SSSR count). The van der Waals surface area contributed by atoms with E-state index in [1.807, 2.05) is 14.1 Å². The van der Waals surface area contributed by atoms with Crippen LogP contribution in [0.2, 0.25) is 0 Å². The van der Waals surface area contributed by atoms with Gasteiger partial charge in [0.15, 0.2) is 0 Å². The summed E-state index contributed by atoms with van der Waals surface area (Å²) in [6, 6.07) is 3.17. The number of likely N-dealkylation sites (N-methyl/N-ethyl adjacent to an activating group) is 1. The highest BCUT2D eigenvalue weighted by Gasteiger charge is 2.37. The first-order valence-electron chi connectivity index (χ1n) is 7.22. The van der Waals surface area contributed by atoms with E-state index >= 15 is 0 Å². The molecule has 0 aromatic carbocycles. The van der Waals surface area contributed by atoms with E-state index in [4.69, 9.17) is 5.73 Å². The van der Waals surface area contributed by atoms with Crippen LogP contribution in [0.3, 0.4) is 0 Å². The number of aromatic nitrogens is 1. The summed E-state index contributed by atoms with van der Waals surface area (Å²) in [5.74, 6) is 0. The van der Waals surface area contributed by atoms with Crippen molar-refractivity contribution >= 4 is 10.0 Å². The molecule has 0 radical (unpaired) electrons. The van der Waals surface area contributed by atoms with Crippen LogP contribution in [-0.4, -0.2) is 44.5 Å². The number of nitrogens with zero attached hydrogens (tertiary/aromatic N) is 2. The summed E-state index contributed by atoms with van der Waals surface area (Å²) in [6.07, 6.45) is 5.86. The first-order valence-corrected chi connectivity index (χ1v) is 8.71. The first-order chi connectivity index (χ1) is 9.91. The quantitative estimate of drug-likeness (QED) is 0.807. The Labute approximate surface area is 126 Å². The van der Waals surface area contributed by atoms with E-state index in [1.165, 1.54) is 0 Å². The third kappa shape index (κ3) is 3.42. The van der Waals surface area contributed by atoms with E-state index < -0.39 is 10.0 Å². The van der Waals surface area contributed by atoms with Crippen LogP contribution in [0.25, 0.3) is 0 Å². The van der Waals surface area contributed by atoms with E-state index in [1.54, 1.807) is 18.3 Å². The van der Waals surface area contributed by atoms with Gasteiger partial charge in [0.05, 0.1) is 5.69 Å². The van der Waals surface area contributed by atoms with Crippen LogP contribution in [0.15, 0.2) is 23.2 Å². The largest absolute Gasteiger partial charge is 0.325 e. The molecule has 0 bridgehead atoms. The maximum absolute atomic E-state index is 12.5. The van der Waals surface area contributed by atoms with Crippen LogP contribution in [-0.2, 0) is 16.6 Å². The first kappa shape index (κ1) is 16.4. The maximum atomic E-state index is 12.5. The molecule has 0 aliphatic heterocycles. The number of nitrogens with two attached hydrogens (primary N) is 1. The number of hydrogen-bond donors (Lipinski definition) is 2. The van der Waals surface area contributed by atoms with Crippen molar-refractivity contribution in [2.45, 2.75) is 42.7 Å². The van der Waals surface area contributed by atoms with Crippen molar-refractivity contribution in [2.24, 2.45) is 5.73 Å². The fourth-order valence-corrected chi connectivity index (χ4v) is 4.26. The third-order valence-corrected chi connectivity index (χ3v) is 5.88. The molecule has 0 unspecified atom stereocenters. The maximum Gasteiger partial charge on any atom is 0.242 e. The second-order valence-corrected chi connectivity index (χ2v) is 7.54. The van der Waals surface area contributed by atoms with Crippen molar-refractivity contribution in [3.8, 4) is 0 Å². The molecule has 21 heavy (non-hydrogen) atoms. The molecular weight excluding hydrogens is 288 g/mol. The summed E-state index contributed by atoms with van der Waals surface area (Å²) < 4.78 is 27.8. The minimum absolute atomic E-state index is 0.0852. The Morgan fingerprint density at radius 2 is 2.05 bits per heavy atom. The van der Waals surface area contributed by atoms with Gasteiger partial charge in [-0.25, -0.2) is 13.1 Å². The van der Waals surface area contributed by atoms with Crippen molar-refractivity contribution in [1.29, 1.82) is 0 Å². The Hall–Kier alpha value is -1.02. The summed E-state index contributed by atoms with van der Waals surface area (Å²) in [5.41, 5.74) is 5.89. The summed E-state index contributed by atoms with van der Waals surface area (Å²) in [7, 11) is 0.437. The molecule has 0 atom stereocenters. The molecule has 0 saturated heterocycles. The van der Waals surface area contributed by atoms with Crippen molar-refractivity contribution in [3.05, 3.63) is 24.0 Å². The number of nitrogens with one attached hydrogen (secondary N) is 1. The second kappa shape index (κ2) is 6.39. The van der Waals surface area contributed by atoms with Gasteiger partial charge in [-0.15, -0.1) is 0 Å². The zero-order chi connectivity index (χ0) is 15.5. The highest BCUT2D eigenvalue weighted by molar-refractivity contribution is 7.89. The zero-order valence-electron chi connectivity index (χ0n) is 12.7. The SMILES string of the molecule is CN(C)C1(CNS(=O)(=O)c2cccnc2CN)CCCC1. The summed E-state index contributed by atoms with van der Waals surface area (Å²) in [4.78, 5) is 6.36. The molecule has 1 aromatic rings. The molecule has 1 fully saturated rings. The molecule has 1 aromatic heterocycles. The molecule has 0 amide bonds. The van der Waals surface area contributed by atoms with Gasteiger partial charge in [0.2, 0.25) is 10.0 Å². The molecular formula is C14H24N4O2S. The zero-order valence-corrected chi connectivity index (χ0v) is 13.5. The second-order valence-electron chi connectivity index (χ2n) is 5.80. The fourth-order valence-electron chi connectivity index (χ4n) is 2.94. The molecule has 1 heterocycles. The number of sulfonamides is 1. The average molecular weight is 312 g/mol. The molecule has 1 aliphatic carbocycles. The number of hydrogen-bond acceptors (Lipinski definition) is 5. The van der Waals surface area contributed by atoms with E-state index in [2.05, 4.69) is 14.6 Å². The van der Waals surface area contributed by atoms with Gasteiger partial charge in [-0.1, -0.05) is 12.8 Å². The highest BCUT2D eigenvalue weighted by atomic mass is 32.2. The smallest absolute Gasteiger partial charge is 0.242 e. The Balaban J connectivity index is 2.18. The third-order valence-electron chi connectivity index (χ3n) is 4.41. The van der Waals surface area contributed by atoms with Gasteiger partial charge in [-0.2, -0.15) is 0 Å². The molecule has 6 nitrogen and oxygen atoms in total. The average Bonchev–Trinajstić information content (AvgIpc) is 2.95. The molecule has 3 N–H and O–H groups in total. The van der Waals surface area contributed by atoms with E-state index in [0.717, 1.165) is 25.7 Å². The molecule has 1 saturated carbocycles. The monoisotopic (exact) mass is 312 g/mol. The van der Waals surface area contributed by atoms with Gasteiger partial charge in [-0.3, -0.25) is 4.98 Å². The predicted molar refractivity (Wildman–Crippen MR) is 82.2 cm³/mol. The van der Waals surface area contributed by atoms with Crippen LogP contribution in [0.5, 0.6) is 0 Å². The van der Waals surface area contributed by atoms with Gasteiger partial charge in [0, 0.05) is 24.8 Å². The van der Waals surface area contributed by atoms with Gasteiger partial charge in [0.1, 0.15) is 4.90 Å². The molecule has 7 heteroatoms. The van der Waals surface area contributed by atoms with E-state index in [9.17, 15) is 8.42 Å². The lowest BCUT2D eigenvalue weighted by molar-refractivity contribution is 0.162. The topological polar surface area (TPSA) is 88.3 Å². The summed E-state index contributed by atoms with van der Waals surface area (Å²) in [6.45, 7) is 0.525. The van der Waals surface area contributed by atoms with Gasteiger partial charge >= 0.3 is 0 Å². The molecule has 1 aliphatic rings. The predicted octanol–water partition coefficient (Wildman–Crippen LogP) is 0.693. The molecule has 118 valence electrons. The lowest BCUT2D eigenvalue weighted by Crippen LogP contribution is -2.50. The van der Waals surface area contributed by atoms with Crippen LogP contribution >= 0.6 is 0 Å². The van der Waals surface area contributed by atoms with Crippen LogP contribution < -0.4 is 10.5 Å².